The van der Waals surface area contributed by atoms with Crippen molar-refractivity contribution in [1.82, 2.24) is 20.0 Å². The van der Waals surface area contributed by atoms with Gasteiger partial charge >= 0.3 is 0 Å². The van der Waals surface area contributed by atoms with Crippen LogP contribution in [0.15, 0.2) is 36.5 Å². The molecule has 0 amide bonds. The van der Waals surface area contributed by atoms with E-state index in [0.717, 1.165) is 28.4 Å². The Morgan fingerprint density at radius 3 is 2.55 bits per heavy atom. The number of nitrogens with one attached hydrogen (secondary N) is 1. The van der Waals surface area contributed by atoms with Crippen LogP contribution in [0.2, 0.25) is 0 Å². The van der Waals surface area contributed by atoms with Gasteiger partial charge in [0, 0.05) is 30.4 Å². The molecule has 2 aromatic heterocycles. The zero-order valence-corrected chi connectivity index (χ0v) is 13.3. The SMILES string of the molecule is COc1ccc([C@H](C)c2cc(-c3cn(C)nc3C)n[nH]2)cc1. The van der Waals surface area contributed by atoms with Gasteiger partial charge in [-0.25, -0.2) is 0 Å². The molecule has 2 heterocycles. The molecule has 0 saturated heterocycles. The van der Waals surface area contributed by atoms with Gasteiger partial charge in [-0.1, -0.05) is 19.1 Å². The third-order valence-corrected chi connectivity index (χ3v) is 3.97. The first kappa shape index (κ1) is 14.4. The molecule has 0 unspecified atom stereocenters. The Bertz CT molecular complexity index is 770. The molecule has 5 heteroatoms. The van der Waals surface area contributed by atoms with Crippen molar-refractivity contribution in [3.63, 3.8) is 0 Å². The number of benzene rings is 1. The number of nitrogens with zero attached hydrogens (tertiary/aromatic N) is 3. The van der Waals surface area contributed by atoms with E-state index < -0.39 is 0 Å². The highest BCUT2D eigenvalue weighted by Crippen LogP contribution is 2.28. The van der Waals surface area contributed by atoms with Crippen LogP contribution in [0.4, 0.5) is 0 Å². The molecule has 0 aliphatic carbocycles. The Morgan fingerprint density at radius 1 is 1.23 bits per heavy atom. The molecular formula is C17H20N4O. The molecule has 0 bridgehead atoms. The van der Waals surface area contributed by atoms with Crippen LogP contribution < -0.4 is 4.74 Å². The molecule has 0 spiro atoms. The summed E-state index contributed by atoms with van der Waals surface area (Å²) in [4.78, 5) is 0. The Morgan fingerprint density at radius 2 is 1.95 bits per heavy atom. The number of aromatic nitrogens is 4. The number of aromatic amines is 1. The van der Waals surface area contributed by atoms with E-state index in [-0.39, 0.29) is 5.92 Å². The molecular weight excluding hydrogens is 276 g/mol. The summed E-state index contributed by atoms with van der Waals surface area (Å²) in [7, 11) is 3.60. The van der Waals surface area contributed by atoms with Gasteiger partial charge in [-0.3, -0.25) is 9.78 Å². The maximum atomic E-state index is 5.20. The van der Waals surface area contributed by atoms with E-state index in [1.54, 1.807) is 7.11 Å². The second-order valence-electron chi connectivity index (χ2n) is 5.51. The quantitative estimate of drug-likeness (QED) is 0.804. The molecule has 0 aliphatic rings. The monoisotopic (exact) mass is 296 g/mol. The molecule has 3 aromatic rings. The lowest BCUT2D eigenvalue weighted by atomic mass is 9.97. The lowest BCUT2D eigenvalue weighted by Gasteiger charge is -2.10. The molecule has 22 heavy (non-hydrogen) atoms. The summed E-state index contributed by atoms with van der Waals surface area (Å²) in [6.45, 7) is 4.16. The molecule has 5 nitrogen and oxygen atoms in total. The van der Waals surface area contributed by atoms with Gasteiger partial charge in [-0.05, 0) is 30.7 Å². The second-order valence-corrected chi connectivity index (χ2v) is 5.51. The minimum absolute atomic E-state index is 0.240. The normalized spacial score (nSPS) is 12.4. The lowest BCUT2D eigenvalue weighted by molar-refractivity contribution is 0.414. The molecule has 1 aromatic carbocycles. The first-order valence-corrected chi connectivity index (χ1v) is 7.28. The van der Waals surface area contributed by atoms with Crippen molar-refractivity contribution >= 4 is 0 Å². The van der Waals surface area contributed by atoms with Crippen LogP contribution in [-0.2, 0) is 7.05 Å². The summed E-state index contributed by atoms with van der Waals surface area (Å²) in [5.41, 5.74) is 5.29. The molecule has 0 fully saturated rings. The smallest absolute Gasteiger partial charge is 0.118 e. The van der Waals surface area contributed by atoms with Crippen molar-refractivity contribution in [2.75, 3.05) is 7.11 Å². The second kappa shape index (κ2) is 5.67. The van der Waals surface area contributed by atoms with Crippen molar-refractivity contribution in [2.24, 2.45) is 7.05 Å². The summed E-state index contributed by atoms with van der Waals surface area (Å²) in [5.74, 6) is 1.11. The number of rotatable bonds is 4. The average Bonchev–Trinajstić information content (AvgIpc) is 3.13. The molecule has 0 saturated carbocycles. The van der Waals surface area contributed by atoms with Crippen molar-refractivity contribution in [3.8, 4) is 17.0 Å². The molecule has 1 atom stereocenters. The minimum atomic E-state index is 0.240. The predicted octanol–water partition coefficient (Wildman–Crippen LogP) is 3.28. The summed E-state index contributed by atoms with van der Waals surface area (Å²) in [5, 5.41) is 12.0. The maximum Gasteiger partial charge on any atom is 0.118 e. The van der Waals surface area contributed by atoms with Crippen LogP contribution in [0.3, 0.4) is 0 Å². The molecule has 0 radical (unpaired) electrons. The first-order valence-electron chi connectivity index (χ1n) is 7.28. The fourth-order valence-electron chi connectivity index (χ4n) is 2.62. The van der Waals surface area contributed by atoms with E-state index >= 15 is 0 Å². The van der Waals surface area contributed by atoms with Crippen LogP contribution >= 0.6 is 0 Å². The fraction of sp³-hybridized carbons (Fsp3) is 0.294. The van der Waals surface area contributed by atoms with Crippen LogP contribution in [0.5, 0.6) is 5.75 Å². The molecule has 1 N–H and O–H groups in total. The summed E-state index contributed by atoms with van der Waals surface area (Å²) in [6, 6.07) is 10.2. The van der Waals surface area contributed by atoms with E-state index in [9.17, 15) is 0 Å². The van der Waals surface area contributed by atoms with Crippen LogP contribution in [0.1, 0.15) is 29.8 Å². The van der Waals surface area contributed by atoms with Gasteiger partial charge in [0.25, 0.3) is 0 Å². The minimum Gasteiger partial charge on any atom is -0.497 e. The first-order chi connectivity index (χ1) is 10.6. The lowest BCUT2D eigenvalue weighted by Crippen LogP contribution is -1.96. The summed E-state index contributed by atoms with van der Waals surface area (Å²) in [6.07, 6.45) is 1.99. The highest BCUT2D eigenvalue weighted by molar-refractivity contribution is 5.61. The van der Waals surface area contributed by atoms with Gasteiger partial charge in [-0.2, -0.15) is 10.2 Å². The topological polar surface area (TPSA) is 55.7 Å². The van der Waals surface area contributed by atoms with Gasteiger partial charge in [0.05, 0.1) is 18.5 Å². The number of aryl methyl sites for hydroxylation is 2. The van der Waals surface area contributed by atoms with E-state index in [2.05, 4.69) is 40.4 Å². The van der Waals surface area contributed by atoms with Crippen LogP contribution in [0, 0.1) is 6.92 Å². The van der Waals surface area contributed by atoms with Crippen molar-refractivity contribution in [1.29, 1.82) is 0 Å². The van der Waals surface area contributed by atoms with Gasteiger partial charge < -0.3 is 4.74 Å². The Kier molecular flexibility index (Phi) is 3.71. The standard InChI is InChI=1S/C17H20N4O/c1-11(13-5-7-14(22-4)8-6-13)16-9-17(19-18-16)15-10-21(3)20-12(15)2/h5-11H,1-4H3,(H,18,19)/t11-/m0/s1. The van der Waals surface area contributed by atoms with Gasteiger partial charge in [0.15, 0.2) is 0 Å². The average molecular weight is 296 g/mol. The van der Waals surface area contributed by atoms with E-state index in [1.165, 1.54) is 5.56 Å². The molecule has 3 rings (SSSR count). The molecule has 0 aliphatic heterocycles. The van der Waals surface area contributed by atoms with E-state index in [1.807, 2.05) is 37.0 Å². The summed E-state index contributed by atoms with van der Waals surface area (Å²) >= 11 is 0. The Labute approximate surface area is 129 Å². The van der Waals surface area contributed by atoms with Gasteiger partial charge in [0.1, 0.15) is 5.75 Å². The Balaban J connectivity index is 1.87. The highest BCUT2D eigenvalue weighted by atomic mass is 16.5. The third-order valence-electron chi connectivity index (χ3n) is 3.97. The number of H-pyrrole nitrogens is 1. The number of hydrogen-bond acceptors (Lipinski definition) is 3. The summed E-state index contributed by atoms with van der Waals surface area (Å²) < 4.78 is 7.01. The zero-order valence-electron chi connectivity index (χ0n) is 13.3. The van der Waals surface area contributed by atoms with Gasteiger partial charge in [-0.15, -0.1) is 0 Å². The maximum absolute atomic E-state index is 5.20. The zero-order chi connectivity index (χ0) is 15.7. The number of ether oxygens (including phenoxy) is 1. The van der Waals surface area contributed by atoms with E-state index in [0.29, 0.717) is 0 Å². The Hall–Kier alpha value is -2.56. The van der Waals surface area contributed by atoms with Crippen molar-refractivity contribution < 1.29 is 4.74 Å². The van der Waals surface area contributed by atoms with Crippen LogP contribution in [-0.4, -0.2) is 27.1 Å². The number of methoxy groups -OCH3 is 1. The van der Waals surface area contributed by atoms with Crippen molar-refractivity contribution in [3.05, 3.63) is 53.5 Å². The van der Waals surface area contributed by atoms with E-state index in [4.69, 9.17) is 4.74 Å². The fourth-order valence-corrected chi connectivity index (χ4v) is 2.62. The van der Waals surface area contributed by atoms with Crippen molar-refractivity contribution in [2.45, 2.75) is 19.8 Å². The molecule has 114 valence electrons. The van der Waals surface area contributed by atoms with Crippen LogP contribution in [0.25, 0.3) is 11.3 Å². The largest absolute Gasteiger partial charge is 0.497 e. The highest BCUT2D eigenvalue weighted by Gasteiger charge is 2.15. The van der Waals surface area contributed by atoms with Gasteiger partial charge in [0.2, 0.25) is 0 Å². The number of hydrogen-bond donors (Lipinski definition) is 1. The third kappa shape index (κ3) is 2.62. The predicted molar refractivity (Wildman–Crippen MR) is 86.0 cm³/mol.